The minimum Gasteiger partial charge on any atom is -0.481 e. The quantitative estimate of drug-likeness (QED) is 0.672. The molecule has 0 aromatic rings. The Morgan fingerprint density at radius 1 is 1.67 bits per heavy atom. The van der Waals surface area contributed by atoms with E-state index in [1.165, 1.54) is 18.7 Å². The van der Waals surface area contributed by atoms with Gasteiger partial charge in [0.15, 0.2) is 0 Å². The van der Waals surface area contributed by atoms with E-state index in [2.05, 4.69) is 0 Å². The molecule has 0 rings (SSSR count). The molecule has 2 atom stereocenters. The summed E-state index contributed by atoms with van der Waals surface area (Å²) in [4.78, 5) is 19.5. The first-order valence-corrected chi connectivity index (χ1v) is 6.84. The smallest absolute Gasteiger partial charge is 0.306 e. The molecule has 0 aromatic carbocycles. The Kier molecular flexibility index (Phi) is 4.90. The van der Waals surface area contributed by atoms with Gasteiger partial charge in [0.05, 0.1) is 11.4 Å². The number of thioether (sulfide) groups is 1. The van der Waals surface area contributed by atoms with Crippen LogP contribution in [0.25, 0.3) is 0 Å². The van der Waals surface area contributed by atoms with E-state index in [1.807, 2.05) is 0 Å². The molecule has 0 amide bonds. The van der Waals surface area contributed by atoms with E-state index in [0.717, 1.165) is 0 Å². The summed E-state index contributed by atoms with van der Waals surface area (Å²) in [5.74, 6) is -1.77. The minimum atomic E-state index is -3.22. The van der Waals surface area contributed by atoms with Gasteiger partial charge in [-0.2, -0.15) is 11.8 Å². The largest absolute Gasteiger partial charge is 0.481 e. The summed E-state index contributed by atoms with van der Waals surface area (Å²) in [7, 11) is -3.22. The van der Waals surface area contributed by atoms with Crippen LogP contribution in [-0.2, 0) is 9.36 Å². The Bertz CT molecular complexity index is 206. The molecule has 0 spiro atoms. The van der Waals surface area contributed by atoms with E-state index in [-0.39, 0.29) is 11.7 Å². The van der Waals surface area contributed by atoms with Crippen LogP contribution in [0, 0.1) is 5.92 Å². The second kappa shape index (κ2) is 4.90. The fourth-order valence-electron chi connectivity index (χ4n) is 0.760. The molecule has 0 aliphatic heterocycles. The van der Waals surface area contributed by atoms with Crippen molar-refractivity contribution in [2.24, 2.45) is 5.92 Å². The molecule has 0 aliphatic carbocycles. The number of carboxylic acid groups (broad SMARTS) is 1. The van der Waals surface area contributed by atoms with Crippen LogP contribution in [0.2, 0.25) is 0 Å². The van der Waals surface area contributed by atoms with Gasteiger partial charge in [0.1, 0.15) is 0 Å². The summed E-state index contributed by atoms with van der Waals surface area (Å²) in [5, 5.41) is 8.47. The number of carbonyl (C=O) groups is 1. The topological polar surface area (TPSA) is 74.6 Å². The molecule has 2 unspecified atom stereocenters. The molecule has 0 bridgehead atoms. The molecular weight excluding hydrogens is 199 g/mol. The van der Waals surface area contributed by atoms with Gasteiger partial charge in [-0.05, 0) is 6.26 Å². The standard InChI is InChI=1S/C6H13O4PS/c1-5(6(7)8)3-11(9,10)4-12-2/h5H,3-4H2,1-2H3,(H,7,8)(H,9,10). The number of aliphatic carboxylic acids is 1. The molecule has 0 saturated carbocycles. The van der Waals surface area contributed by atoms with Crippen molar-refractivity contribution in [2.75, 3.05) is 17.9 Å². The van der Waals surface area contributed by atoms with Crippen molar-refractivity contribution < 1.29 is 19.4 Å². The lowest BCUT2D eigenvalue weighted by Crippen LogP contribution is -2.14. The summed E-state index contributed by atoms with van der Waals surface area (Å²) >= 11 is 1.26. The van der Waals surface area contributed by atoms with E-state index in [0.29, 0.717) is 0 Å². The van der Waals surface area contributed by atoms with E-state index in [4.69, 9.17) is 5.11 Å². The third kappa shape index (κ3) is 4.80. The molecule has 0 radical (unpaired) electrons. The average Bonchev–Trinajstić information content (AvgIpc) is 1.85. The highest BCUT2D eigenvalue weighted by Crippen LogP contribution is 2.44. The molecule has 0 saturated heterocycles. The summed E-state index contributed by atoms with van der Waals surface area (Å²) in [6, 6.07) is 0. The van der Waals surface area contributed by atoms with Crippen molar-refractivity contribution in [1.82, 2.24) is 0 Å². The molecule has 0 fully saturated rings. The molecule has 12 heavy (non-hydrogen) atoms. The second-order valence-corrected chi connectivity index (χ2v) is 6.35. The van der Waals surface area contributed by atoms with Crippen molar-refractivity contribution in [2.45, 2.75) is 6.92 Å². The normalized spacial score (nSPS) is 18.2. The number of hydrogen-bond acceptors (Lipinski definition) is 3. The lowest BCUT2D eigenvalue weighted by atomic mass is 10.2. The molecule has 0 aromatic heterocycles. The third-order valence-electron chi connectivity index (χ3n) is 1.31. The van der Waals surface area contributed by atoms with E-state index >= 15 is 0 Å². The Labute approximate surface area is 75.8 Å². The van der Waals surface area contributed by atoms with Gasteiger partial charge in [0.2, 0.25) is 7.37 Å². The molecule has 2 N–H and O–H groups in total. The third-order valence-corrected chi connectivity index (χ3v) is 5.08. The summed E-state index contributed by atoms with van der Waals surface area (Å²) < 4.78 is 11.2. The van der Waals surface area contributed by atoms with Crippen LogP contribution in [0.3, 0.4) is 0 Å². The zero-order valence-corrected chi connectivity index (χ0v) is 8.77. The maximum absolute atomic E-state index is 11.2. The van der Waals surface area contributed by atoms with Gasteiger partial charge in [0, 0.05) is 6.16 Å². The summed E-state index contributed by atoms with van der Waals surface area (Å²) in [6.45, 7) is 1.44. The van der Waals surface area contributed by atoms with Gasteiger partial charge < -0.3 is 10.00 Å². The Morgan fingerprint density at radius 3 is 2.50 bits per heavy atom. The van der Waals surface area contributed by atoms with Crippen molar-refractivity contribution in [3.8, 4) is 0 Å². The predicted octanol–water partition coefficient (Wildman–Crippen LogP) is 1.30. The zero-order chi connectivity index (χ0) is 9.78. The number of hydrogen-bond donors (Lipinski definition) is 2. The highest BCUT2D eigenvalue weighted by atomic mass is 32.2. The highest BCUT2D eigenvalue weighted by Gasteiger charge is 2.24. The van der Waals surface area contributed by atoms with Gasteiger partial charge in [-0.1, -0.05) is 6.92 Å². The minimum absolute atomic E-state index is 0.130. The first-order valence-electron chi connectivity index (χ1n) is 3.41. The first-order chi connectivity index (χ1) is 5.39. The fraction of sp³-hybridized carbons (Fsp3) is 0.833. The van der Waals surface area contributed by atoms with Crippen molar-refractivity contribution >= 4 is 25.1 Å². The average molecular weight is 212 g/mol. The van der Waals surface area contributed by atoms with E-state index < -0.39 is 19.3 Å². The molecule has 72 valence electrons. The Balaban J connectivity index is 4.05. The van der Waals surface area contributed by atoms with Crippen LogP contribution < -0.4 is 0 Å². The Hall–Kier alpha value is 0.0100. The molecule has 0 aliphatic rings. The summed E-state index contributed by atoms with van der Waals surface area (Å²) in [5.41, 5.74) is 0.130. The predicted molar refractivity (Wildman–Crippen MR) is 49.9 cm³/mol. The lowest BCUT2D eigenvalue weighted by Gasteiger charge is -2.12. The first kappa shape index (κ1) is 12.0. The highest BCUT2D eigenvalue weighted by molar-refractivity contribution is 8.04. The number of carboxylic acids is 1. The van der Waals surface area contributed by atoms with Crippen LogP contribution in [0.1, 0.15) is 6.92 Å². The molecular formula is C6H13O4PS. The van der Waals surface area contributed by atoms with Crippen LogP contribution in [0.4, 0.5) is 0 Å². The van der Waals surface area contributed by atoms with Crippen LogP contribution in [0.15, 0.2) is 0 Å². The molecule has 0 heterocycles. The number of rotatable bonds is 5. The molecule has 6 heteroatoms. The van der Waals surface area contributed by atoms with Crippen molar-refractivity contribution in [3.63, 3.8) is 0 Å². The van der Waals surface area contributed by atoms with Crippen LogP contribution in [-0.4, -0.2) is 33.9 Å². The zero-order valence-electron chi connectivity index (χ0n) is 7.06. The van der Waals surface area contributed by atoms with Crippen LogP contribution in [0.5, 0.6) is 0 Å². The lowest BCUT2D eigenvalue weighted by molar-refractivity contribution is -0.140. The SMILES string of the molecule is CSCP(=O)(O)CC(C)C(=O)O. The van der Waals surface area contributed by atoms with Crippen LogP contribution >= 0.6 is 19.1 Å². The van der Waals surface area contributed by atoms with Gasteiger partial charge >= 0.3 is 5.97 Å². The van der Waals surface area contributed by atoms with Gasteiger partial charge in [-0.15, -0.1) is 0 Å². The van der Waals surface area contributed by atoms with Gasteiger partial charge in [0.25, 0.3) is 0 Å². The fourth-order valence-corrected chi connectivity index (χ4v) is 3.81. The van der Waals surface area contributed by atoms with Gasteiger partial charge in [-0.25, -0.2) is 0 Å². The van der Waals surface area contributed by atoms with E-state index in [1.54, 1.807) is 6.26 Å². The van der Waals surface area contributed by atoms with E-state index in [9.17, 15) is 14.3 Å². The Morgan fingerprint density at radius 2 is 2.17 bits per heavy atom. The van der Waals surface area contributed by atoms with Crippen molar-refractivity contribution in [1.29, 1.82) is 0 Å². The molecule has 4 nitrogen and oxygen atoms in total. The van der Waals surface area contributed by atoms with Gasteiger partial charge in [-0.3, -0.25) is 9.36 Å². The monoisotopic (exact) mass is 212 g/mol. The van der Waals surface area contributed by atoms with Crippen molar-refractivity contribution in [3.05, 3.63) is 0 Å². The summed E-state index contributed by atoms with van der Waals surface area (Å²) in [6.07, 6.45) is 1.58. The maximum atomic E-state index is 11.2. The maximum Gasteiger partial charge on any atom is 0.306 e. The second-order valence-electron chi connectivity index (χ2n) is 2.69.